The van der Waals surface area contributed by atoms with Gasteiger partial charge in [0, 0.05) is 21.5 Å². The fourth-order valence-corrected chi connectivity index (χ4v) is 4.06. The summed E-state index contributed by atoms with van der Waals surface area (Å²) in [6.45, 7) is 0.371. The lowest BCUT2D eigenvalue weighted by Gasteiger charge is -2.25. The van der Waals surface area contributed by atoms with Crippen LogP contribution < -0.4 is 10.4 Å². The van der Waals surface area contributed by atoms with Crippen molar-refractivity contribution in [2.45, 2.75) is 18.9 Å². The van der Waals surface area contributed by atoms with E-state index in [2.05, 4.69) is 15.9 Å². The molecular formula is C21H17BrO7. The third-order valence-corrected chi connectivity index (χ3v) is 5.30. The van der Waals surface area contributed by atoms with Gasteiger partial charge in [-0.15, -0.1) is 0 Å². The van der Waals surface area contributed by atoms with Gasteiger partial charge in [0.15, 0.2) is 6.79 Å². The van der Waals surface area contributed by atoms with Crippen LogP contribution >= 0.6 is 15.9 Å². The molecule has 1 N–H and O–H groups in total. The molecule has 0 saturated carbocycles. The van der Waals surface area contributed by atoms with Crippen LogP contribution in [0.15, 0.2) is 50.1 Å². The van der Waals surface area contributed by atoms with Gasteiger partial charge in [-0.25, -0.2) is 4.79 Å². The summed E-state index contributed by atoms with van der Waals surface area (Å²) >= 11 is 3.45. The van der Waals surface area contributed by atoms with Gasteiger partial charge in [0.05, 0.1) is 31.1 Å². The van der Waals surface area contributed by atoms with E-state index in [4.69, 9.17) is 18.6 Å². The number of para-hydroxylation sites is 1. The maximum atomic E-state index is 12.8. The van der Waals surface area contributed by atoms with E-state index in [9.17, 15) is 14.7 Å². The van der Waals surface area contributed by atoms with Crippen molar-refractivity contribution >= 4 is 32.9 Å². The summed E-state index contributed by atoms with van der Waals surface area (Å²) in [7, 11) is 1.27. The third-order valence-electron chi connectivity index (χ3n) is 4.85. The molecule has 0 spiro atoms. The molecule has 1 aliphatic heterocycles. The van der Waals surface area contributed by atoms with Crippen LogP contribution in [0.2, 0.25) is 0 Å². The highest BCUT2D eigenvalue weighted by molar-refractivity contribution is 9.10. The van der Waals surface area contributed by atoms with Gasteiger partial charge in [0.1, 0.15) is 17.1 Å². The smallest absolute Gasteiger partial charge is 0.343 e. The van der Waals surface area contributed by atoms with Gasteiger partial charge < -0.3 is 23.7 Å². The summed E-state index contributed by atoms with van der Waals surface area (Å²) in [5.41, 5.74) is 0.831. The predicted molar refractivity (Wildman–Crippen MR) is 107 cm³/mol. The summed E-state index contributed by atoms with van der Waals surface area (Å²) in [5, 5.41) is 11.3. The molecule has 0 fully saturated rings. The lowest BCUT2D eigenvalue weighted by atomic mass is 9.86. The van der Waals surface area contributed by atoms with Crippen LogP contribution in [-0.2, 0) is 20.9 Å². The molecule has 1 unspecified atom stereocenters. The van der Waals surface area contributed by atoms with Crippen LogP contribution in [0.1, 0.15) is 29.0 Å². The van der Waals surface area contributed by atoms with E-state index >= 15 is 0 Å². The van der Waals surface area contributed by atoms with Crippen molar-refractivity contribution in [3.8, 4) is 11.5 Å². The zero-order chi connectivity index (χ0) is 20.5. The maximum Gasteiger partial charge on any atom is 0.343 e. The molecule has 3 aromatic rings. The summed E-state index contributed by atoms with van der Waals surface area (Å²) in [6.07, 6.45) is -0.180. The number of methoxy groups -OCH3 is 1. The van der Waals surface area contributed by atoms with E-state index < -0.39 is 17.5 Å². The quantitative estimate of drug-likeness (QED) is 0.466. The number of rotatable bonds is 4. The number of esters is 1. The first-order valence-electron chi connectivity index (χ1n) is 8.84. The number of hydrogen-bond acceptors (Lipinski definition) is 7. The highest BCUT2D eigenvalue weighted by atomic mass is 79.9. The Bertz CT molecular complexity index is 1150. The van der Waals surface area contributed by atoms with Crippen molar-refractivity contribution in [2.75, 3.05) is 13.9 Å². The maximum absolute atomic E-state index is 12.8. The average Bonchev–Trinajstić information content (AvgIpc) is 2.72. The molecular weight excluding hydrogens is 444 g/mol. The molecule has 1 atom stereocenters. The molecule has 29 heavy (non-hydrogen) atoms. The summed E-state index contributed by atoms with van der Waals surface area (Å²) in [6, 6.07) is 10.3. The van der Waals surface area contributed by atoms with E-state index in [0.29, 0.717) is 23.3 Å². The Morgan fingerprint density at radius 3 is 2.90 bits per heavy atom. The van der Waals surface area contributed by atoms with Gasteiger partial charge in [0.2, 0.25) is 0 Å². The zero-order valence-electron chi connectivity index (χ0n) is 15.4. The molecule has 8 heteroatoms. The van der Waals surface area contributed by atoms with Crippen molar-refractivity contribution in [3.05, 3.63) is 68.0 Å². The number of benzene rings is 2. The molecule has 0 aliphatic carbocycles. The first kappa shape index (κ1) is 19.5. The van der Waals surface area contributed by atoms with E-state index in [1.807, 2.05) is 6.07 Å². The fourth-order valence-electron chi connectivity index (χ4n) is 3.54. The van der Waals surface area contributed by atoms with Crippen LogP contribution in [-0.4, -0.2) is 25.0 Å². The molecule has 150 valence electrons. The predicted octanol–water partition coefficient (Wildman–Crippen LogP) is 3.82. The van der Waals surface area contributed by atoms with E-state index in [0.717, 1.165) is 10.0 Å². The third kappa shape index (κ3) is 3.61. The van der Waals surface area contributed by atoms with E-state index in [-0.39, 0.29) is 30.1 Å². The van der Waals surface area contributed by atoms with Gasteiger partial charge in [0.25, 0.3) is 0 Å². The fraction of sp³-hybridized carbons (Fsp3) is 0.238. The van der Waals surface area contributed by atoms with E-state index in [1.54, 1.807) is 30.3 Å². The molecule has 1 aliphatic rings. The topological polar surface area (TPSA) is 95.2 Å². The minimum Gasteiger partial charge on any atom is -0.507 e. The van der Waals surface area contributed by atoms with Crippen LogP contribution in [0.25, 0.3) is 11.0 Å². The van der Waals surface area contributed by atoms with Gasteiger partial charge >= 0.3 is 11.6 Å². The van der Waals surface area contributed by atoms with E-state index in [1.165, 1.54) is 7.11 Å². The van der Waals surface area contributed by atoms with Gasteiger partial charge in [-0.3, -0.25) is 4.79 Å². The second-order valence-corrected chi connectivity index (χ2v) is 7.49. The van der Waals surface area contributed by atoms with Crippen molar-refractivity contribution in [2.24, 2.45) is 0 Å². The van der Waals surface area contributed by atoms with Crippen LogP contribution in [0.3, 0.4) is 0 Å². The standard InChI is InChI=1S/C21H17BrO7/c1-26-17(23)8-14(15-7-12(22)6-11-9-27-10-28-20(11)15)18-19(24)13-4-2-3-5-16(13)29-21(18)25/h2-7,14,24H,8-10H2,1H3. The van der Waals surface area contributed by atoms with Gasteiger partial charge in [-0.2, -0.15) is 0 Å². The molecule has 0 amide bonds. The average molecular weight is 461 g/mol. The first-order chi connectivity index (χ1) is 14.0. The lowest BCUT2D eigenvalue weighted by molar-refractivity contribution is -0.140. The van der Waals surface area contributed by atoms with Crippen molar-refractivity contribution in [1.29, 1.82) is 0 Å². The number of hydrogen-bond donors (Lipinski definition) is 1. The molecule has 4 rings (SSSR count). The largest absolute Gasteiger partial charge is 0.507 e. The molecule has 7 nitrogen and oxygen atoms in total. The molecule has 0 saturated heterocycles. The SMILES string of the molecule is COC(=O)CC(c1cc(Br)cc2c1OCOC2)c1c(O)c2ccccc2oc1=O. The molecule has 0 bridgehead atoms. The van der Waals surface area contributed by atoms with Crippen LogP contribution in [0.5, 0.6) is 11.5 Å². The Morgan fingerprint density at radius 2 is 2.10 bits per heavy atom. The summed E-state index contributed by atoms with van der Waals surface area (Å²) < 4.78 is 22.0. The Morgan fingerprint density at radius 1 is 1.31 bits per heavy atom. The number of carbonyl (C=O) groups excluding carboxylic acids is 1. The van der Waals surface area contributed by atoms with Crippen molar-refractivity contribution in [1.82, 2.24) is 0 Å². The minimum absolute atomic E-state index is 0.0236. The number of ether oxygens (including phenoxy) is 3. The van der Waals surface area contributed by atoms with Crippen LogP contribution in [0, 0.1) is 0 Å². The molecule has 0 radical (unpaired) electrons. The first-order valence-corrected chi connectivity index (χ1v) is 9.63. The zero-order valence-corrected chi connectivity index (χ0v) is 17.0. The van der Waals surface area contributed by atoms with Gasteiger partial charge in [-0.05, 0) is 24.3 Å². The minimum atomic E-state index is -0.840. The second-order valence-electron chi connectivity index (χ2n) is 6.57. The van der Waals surface area contributed by atoms with Crippen LogP contribution in [0.4, 0.5) is 0 Å². The number of halogens is 1. The normalized spacial score (nSPS) is 14.1. The second kappa shape index (κ2) is 7.88. The number of fused-ring (bicyclic) bond motifs is 2. The summed E-state index contributed by atoms with van der Waals surface area (Å²) in [5.74, 6) is -1.10. The number of aromatic hydroxyl groups is 1. The highest BCUT2D eigenvalue weighted by Gasteiger charge is 2.31. The molecule has 2 heterocycles. The highest BCUT2D eigenvalue weighted by Crippen LogP contribution is 2.43. The summed E-state index contributed by atoms with van der Waals surface area (Å²) in [4.78, 5) is 25.0. The van der Waals surface area contributed by atoms with Crippen molar-refractivity contribution in [3.63, 3.8) is 0 Å². The monoisotopic (exact) mass is 460 g/mol. The Labute approximate surface area is 173 Å². The Kier molecular flexibility index (Phi) is 5.29. The lowest BCUT2D eigenvalue weighted by Crippen LogP contribution is -2.21. The van der Waals surface area contributed by atoms with Gasteiger partial charge in [-0.1, -0.05) is 28.1 Å². The molecule has 1 aromatic heterocycles. The Hall–Kier alpha value is -2.84. The Balaban J connectivity index is 1.98. The number of carbonyl (C=O) groups is 1. The molecule has 2 aromatic carbocycles. The van der Waals surface area contributed by atoms with Crippen molar-refractivity contribution < 1.29 is 28.5 Å².